The molecule has 2 unspecified atom stereocenters. The topological polar surface area (TPSA) is 20.3 Å². The molecule has 0 aliphatic heterocycles. The highest BCUT2D eigenvalue weighted by Crippen LogP contribution is 2.59. The van der Waals surface area contributed by atoms with E-state index in [1.807, 2.05) is 11.9 Å². The fourth-order valence-corrected chi connectivity index (χ4v) is 2.65. The van der Waals surface area contributed by atoms with Crippen LogP contribution < -0.4 is 0 Å². The van der Waals surface area contributed by atoms with Gasteiger partial charge >= 0.3 is 0 Å². The number of carbonyl (C=O) groups excluding carboxylic acids is 1. The third kappa shape index (κ3) is 2.06. The van der Waals surface area contributed by atoms with Gasteiger partial charge in [0, 0.05) is 20.5 Å². The molecule has 0 saturated heterocycles. The minimum absolute atomic E-state index is 0.173. The molecule has 1 amide bonds. The molecule has 1 fully saturated rings. The van der Waals surface area contributed by atoms with Gasteiger partial charge in [0.2, 0.25) is 5.91 Å². The van der Waals surface area contributed by atoms with Crippen LogP contribution in [0, 0.1) is 11.3 Å². The lowest BCUT2D eigenvalue weighted by Gasteiger charge is -2.20. The predicted octanol–water partition coefficient (Wildman–Crippen LogP) is 2.77. The number of rotatable bonds is 3. The van der Waals surface area contributed by atoms with Crippen LogP contribution in [0.25, 0.3) is 0 Å². The second-order valence-corrected chi connectivity index (χ2v) is 5.38. The van der Waals surface area contributed by atoms with Crippen molar-refractivity contribution >= 4 is 5.91 Å². The Balaban J connectivity index is 1.96. The van der Waals surface area contributed by atoms with E-state index in [-0.39, 0.29) is 5.91 Å². The van der Waals surface area contributed by atoms with Crippen LogP contribution >= 0.6 is 0 Å². The van der Waals surface area contributed by atoms with Crippen molar-refractivity contribution in [1.29, 1.82) is 0 Å². The van der Waals surface area contributed by atoms with Gasteiger partial charge in [0.15, 0.2) is 0 Å². The molecule has 0 bridgehead atoms. The van der Waals surface area contributed by atoms with E-state index in [1.54, 1.807) is 12.5 Å². The molecule has 0 spiro atoms. The largest absolute Gasteiger partial charge is 0.346 e. The van der Waals surface area contributed by atoms with E-state index in [9.17, 15) is 4.79 Å². The van der Waals surface area contributed by atoms with Crippen molar-refractivity contribution in [3.63, 3.8) is 0 Å². The van der Waals surface area contributed by atoms with Crippen LogP contribution in [-0.4, -0.2) is 24.4 Å². The van der Waals surface area contributed by atoms with Gasteiger partial charge in [0.25, 0.3) is 0 Å². The van der Waals surface area contributed by atoms with Gasteiger partial charge in [-0.2, -0.15) is 0 Å². The van der Waals surface area contributed by atoms with Gasteiger partial charge in [-0.1, -0.05) is 30.7 Å². The van der Waals surface area contributed by atoms with Crippen molar-refractivity contribution in [2.45, 2.75) is 33.1 Å². The van der Waals surface area contributed by atoms with Gasteiger partial charge in [-0.3, -0.25) is 4.79 Å². The zero-order valence-electron chi connectivity index (χ0n) is 10.5. The Morgan fingerprint density at radius 2 is 2.38 bits per heavy atom. The van der Waals surface area contributed by atoms with Crippen LogP contribution in [0.4, 0.5) is 0 Å². The fourth-order valence-electron chi connectivity index (χ4n) is 2.65. The molecule has 0 heterocycles. The highest BCUT2D eigenvalue weighted by molar-refractivity contribution is 5.72. The van der Waals surface area contributed by atoms with Gasteiger partial charge in [-0.05, 0) is 30.6 Å². The van der Waals surface area contributed by atoms with E-state index in [4.69, 9.17) is 0 Å². The van der Waals surface area contributed by atoms with Crippen LogP contribution in [0.3, 0.4) is 0 Å². The van der Waals surface area contributed by atoms with E-state index < -0.39 is 0 Å². The highest BCUT2D eigenvalue weighted by atomic mass is 16.2. The Kier molecular flexibility index (Phi) is 2.92. The highest BCUT2D eigenvalue weighted by Gasteiger charge is 2.52. The minimum Gasteiger partial charge on any atom is -0.346 e. The van der Waals surface area contributed by atoms with Crippen LogP contribution in [0.15, 0.2) is 23.8 Å². The zero-order chi connectivity index (χ0) is 11.8. The quantitative estimate of drug-likeness (QED) is 0.714. The average molecular weight is 219 g/mol. The molecule has 0 aromatic carbocycles. The molecule has 16 heavy (non-hydrogen) atoms. The third-order valence-corrected chi connectivity index (χ3v) is 4.19. The Hall–Kier alpha value is -1.05. The van der Waals surface area contributed by atoms with Crippen molar-refractivity contribution in [3.05, 3.63) is 23.8 Å². The molecule has 2 atom stereocenters. The van der Waals surface area contributed by atoms with Gasteiger partial charge in [-0.15, -0.1) is 0 Å². The monoisotopic (exact) mass is 219 g/mol. The maximum absolute atomic E-state index is 11.2. The van der Waals surface area contributed by atoms with Crippen molar-refractivity contribution in [1.82, 2.24) is 4.90 Å². The molecule has 2 nitrogen and oxygen atoms in total. The maximum atomic E-state index is 11.2. The molecule has 0 aromatic heterocycles. The van der Waals surface area contributed by atoms with Crippen molar-refractivity contribution in [2.75, 3.05) is 13.6 Å². The summed E-state index contributed by atoms with van der Waals surface area (Å²) in [7, 11) is 1.90. The lowest BCUT2D eigenvalue weighted by atomic mass is 9.89. The van der Waals surface area contributed by atoms with Gasteiger partial charge in [-0.25, -0.2) is 0 Å². The van der Waals surface area contributed by atoms with Crippen LogP contribution in [0.2, 0.25) is 0 Å². The molecule has 88 valence electrons. The van der Waals surface area contributed by atoms with E-state index in [0.29, 0.717) is 11.3 Å². The summed E-state index contributed by atoms with van der Waals surface area (Å²) in [6.45, 7) is 4.89. The molecular weight excluding hydrogens is 198 g/mol. The van der Waals surface area contributed by atoms with Crippen molar-refractivity contribution in [2.24, 2.45) is 11.3 Å². The summed E-state index contributed by atoms with van der Waals surface area (Å²) in [6, 6.07) is 0. The van der Waals surface area contributed by atoms with Crippen molar-refractivity contribution in [3.8, 4) is 0 Å². The van der Waals surface area contributed by atoms with Crippen molar-refractivity contribution < 1.29 is 4.79 Å². The Morgan fingerprint density at radius 1 is 1.62 bits per heavy atom. The third-order valence-electron chi connectivity index (χ3n) is 4.19. The molecule has 2 heteroatoms. The Labute approximate surface area is 98.0 Å². The van der Waals surface area contributed by atoms with E-state index in [0.717, 1.165) is 6.54 Å². The zero-order valence-corrected chi connectivity index (χ0v) is 10.5. The summed E-state index contributed by atoms with van der Waals surface area (Å²) in [6.07, 6.45) is 10.3. The maximum Gasteiger partial charge on any atom is 0.219 e. The lowest BCUT2D eigenvalue weighted by Crippen LogP contribution is -2.27. The van der Waals surface area contributed by atoms with E-state index in [2.05, 4.69) is 25.2 Å². The van der Waals surface area contributed by atoms with Crippen LogP contribution in [0.5, 0.6) is 0 Å². The number of amides is 1. The van der Waals surface area contributed by atoms with Gasteiger partial charge in [0.05, 0.1) is 0 Å². The summed E-state index contributed by atoms with van der Waals surface area (Å²) in [4.78, 5) is 13.0. The molecule has 2 aliphatic carbocycles. The summed E-state index contributed by atoms with van der Waals surface area (Å²) >= 11 is 0. The first kappa shape index (κ1) is 11.4. The number of nitrogens with zero attached hydrogens (tertiary/aromatic N) is 1. The van der Waals surface area contributed by atoms with Gasteiger partial charge in [0.1, 0.15) is 0 Å². The normalized spacial score (nSPS) is 32.2. The molecule has 2 aliphatic rings. The fraction of sp³-hybridized carbons (Fsp3) is 0.643. The summed E-state index contributed by atoms with van der Waals surface area (Å²) < 4.78 is 0. The number of allylic oxidation sites excluding steroid dienone is 4. The summed E-state index contributed by atoms with van der Waals surface area (Å²) in [5.41, 5.74) is 1.95. The van der Waals surface area contributed by atoms with Crippen LogP contribution in [0.1, 0.15) is 33.1 Å². The first-order valence-corrected chi connectivity index (χ1v) is 6.12. The van der Waals surface area contributed by atoms with Crippen LogP contribution in [-0.2, 0) is 4.79 Å². The predicted molar refractivity (Wildman–Crippen MR) is 66.0 cm³/mol. The van der Waals surface area contributed by atoms with E-state index in [1.165, 1.54) is 19.3 Å². The minimum atomic E-state index is 0.173. The second-order valence-electron chi connectivity index (χ2n) is 5.38. The second kappa shape index (κ2) is 4.08. The molecule has 0 N–H and O–H groups in total. The number of hydrogen-bond acceptors (Lipinski definition) is 1. The number of carbonyl (C=O) groups is 1. The smallest absolute Gasteiger partial charge is 0.219 e. The summed E-state index contributed by atoms with van der Waals surface area (Å²) in [5.74, 6) is 0.839. The molecule has 0 radical (unpaired) electrons. The Morgan fingerprint density at radius 3 is 2.94 bits per heavy atom. The first-order chi connectivity index (χ1) is 7.54. The SMILES string of the molecule is CC(=O)N(C)CC1CC1(C)C1=CC=CCC1. The van der Waals surface area contributed by atoms with Gasteiger partial charge < -0.3 is 4.90 Å². The molecule has 1 saturated carbocycles. The average Bonchev–Trinajstić information content (AvgIpc) is 2.92. The molecule has 2 rings (SSSR count). The summed E-state index contributed by atoms with van der Waals surface area (Å²) in [5, 5.41) is 0. The first-order valence-electron chi connectivity index (χ1n) is 6.12. The molecular formula is C14H21NO. The number of hydrogen-bond donors (Lipinski definition) is 0. The molecule has 0 aromatic rings. The Bertz CT molecular complexity index is 356. The lowest BCUT2D eigenvalue weighted by molar-refractivity contribution is -0.127. The standard InChI is InChI=1S/C14H21NO/c1-11(16)15(3)10-13-9-14(13,2)12-7-5-4-6-8-12/h4-5,7,13H,6,8-10H2,1-3H3. The van der Waals surface area contributed by atoms with E-state index >= 15 is 0 Å².